The molecule has 0 saturated carbocycles. The average molecular weight is 377 g/mol. The third-order valence-corrected chi connectivity index (χ3v) is 5.42. The van der Waals surface area contributed by atoms with Gasteiger partial charge < -0.3 is 19.5 Å². The third kappa shape index (κ3) is 7.07. The molecule has 0 radical (unpaired) electrons. The van der Waals surface area contributed by atoms with E-state index in [1.165, 1.54) is 31.2 Å². The van der Waals surface area contributed by atoms with Gasteiger partial charge in [-0.3, -0.25) is 4.90 Å². The van der Waals surface area contributed by atoms with Crippen molar-refractivity contribution in [1.29, 1.82) is 0 Å². The van der Waals surface area contributed by atoms with Crippen LogP contribution in [-0.2, 0) is 11.3 Å². The van der Waals surface area contributed by atoms with Gasteiger partial charge in [0.25, 0.3) is 0 Å². The molecule has 0 unspecified atom stereocenters. The number of hydrogen-bond donors (Lipinski definition) is 1. The van der Waals surface area contributed by atoms with Gasteiger partial charge in [0.15, 0.2) is 0 Å². The summed E-state index contributed by atoms with van der Waals surface area (Å²) in [5.41, 5.74) is 1.16. The minimum Gasteiger partial charge on any atom is -0.491 e. The maximum Gasteiger partial charge on any atom is 0.119 e. The number of rotatable bonds is 7. The largest absolute Gasteiger partial charge is 0.491 e. The summed E-state index contributed by atoms with van der Waals surface area (Å²) >= 11 is 0. The molecule has 0 aliphatic carbocycles. The van der Waals surface area contributed by atoms with Crippen LogP contribution in [0, 0.1) is 0 Å². The zero-order valence-electron chi connectivity index (χ0n) is 17.0. The van der Waals surface area contributed by atoms with Gasteiger partial charge in [-0.15, -0.1) is 0 Å². The van der Waals surface area contributed by atoms with Crippen molar-refractivity contribution in [2.24, 2.45) is 0 Å². The van der Waals surface area contributed by atoms with E-state index in [0.29, 0.717) is 13.2 Å². The molecule has 2 aliphatic heterocycles. The van der Waals surface area contributed by atoms with Gasteiger partial charge in [-0.1, -0.05) is 25.0 Å². The molecule has 3 rings (SSSR count). The molecule has 2 fully saturated rings. The van der Waals surface area contributed by atoms with Crippen LogP contribution in [0.4, 0.5) is 0 Å². The lowest BCUT2D eigenvalue weighted by Crippen LogP contribution is -2.47. The minimum absolute atomic E-state index is 0.0796. The lowest BCUT2D eigenvalue weighted by Gasteiger charge is -2.38. The number of morpholine rings is 1. The highest BCUT2D eigenvalue weighted by molar-refractivity contribution is 5.28. The van der Waals surface area contributed by atoms with Crippen LogP contribution in [0.3, 0.4) is 0 Å². The monoisotopic (exact) mass is 376 g/mol. The van der Waals surface area contributed by atoms with Gasteiger partial charge in [0.05, 0.1) is 12.2 Å². The summed E-state index contributed by atoms with van der Waals surface area (Å²) in [6, 6.07) is 8.26. The Morgan fingerprint density at radius 2 is 1.89 bits per heavy atom. The van der Waals surface area contributed by atoms with Crippen molar-refractivity contribution in [1.82, 2.24) is 9.80 Å². The second-order valence-corrected chi connectivity index (χ2v) is 8.65. The molecule has 0 spiro atoms. The molecular weight excluding hydrogens is 340 g/mol. The summed E-state index contributed by atoms with van der Waals surface area (Å²) < 4.78 is 11.7. The van der Waals surface area contributed by atoms with Gasteiger partial charge in [0.1, 0.15) is 18.5 Å². The highest BCUT2D eigenvalue weighted by atomic mass is 16.5. The fourth-order valence-corrected chi connectivity index (χ4v) is 4.10. The zero-order chi connectivity index (χ0) is 19.1. The van der Waals surface area contributed by atoms with E-state index in [2.05, 4.69) is 35.8 Å². The first kappa shape index (κ1) is 20.6. The standard InChI is InChI=1S/C22H36N2O3/c1-22(2)18-24(12-13-27-22)15-19-8-7-9-21(14-19)26-17-20(25)16-23-10-5-3-4-6-11-23/h7-9,14,20,25H,3-6,10-13,15-18H2,1-2H3/t20-/m1/s1. The zero-order valence-corrected chi connectivity index (χ0v) is 17.0. The molecule has 27 heavy (non-hydrogen) atoms. The van der Waals surface area contributed by atoms with Gasteiger partial charge in [0, 0.05) is 26.2 Å². The van der Waals surface area contributed by atoms with E-state index in [4.69, 9.17) is 9.47 Å². The average Bonchev–Trinajstić information content (AvgIpc) is 2.88. The van der Waals surface area contributed by atoms with Gasteiger partial charge in [0.2, 0.25) is 0 Å². The van der Waals surface area contributed by atoms with Crippen LogP contribution in [0.5, 0.6) is 5.75 Å². The van der Waals surface area contributed by atoms with Crippen molar-refractivity contribution < 1.29 is 14.6 Å². The van der Waals surface area contributed by atoms with Gasteiger partial charge in [-0.2, -0.15) is 0 Å². The Balaban J connectivity index is 1.45. The predicted molar refractivity (Wildman–Crippen MR) is 108 cm³/mol. The Bertz CT molecular complexity index is 570. The van der Waals surface area contributed by atoms with Crippen molar-refractivity contribution in [3.05, 3.63) is 29.8 Å². The number of β-amino-alcohol motifs (C(OH)–C–C–N with tert-alkyl or cyclic N) is 1. The van der Waals surface area contributed by atoms with Crippen LogP contribution in [0.2, 0.25) is 0 Å². The van der Waals surface area contributed by atoms with Crippen LogP contribution in [0.15, 0.2) is 24.3 Å². The number of aliphatic hydroxyl groups excluding tert-OH is 1. The summed E-state index contributed by atoms with van der Waals surface area (Å²) in [7, 11) is 0. The van der Waals surface area contributed by atoms with Crippen LogP contribution in [0.25, 0.3) is 0 Å². The highest BCUT2D eigenvalue weighted by Gasteiger charge is 2.27. The molecule has 2 saturated heterocycles. The van der Waals surface area contributed by atoms with Gasteiger partial charge in [-0.25, -0.2) is 0 Å². The molecule has 0 aromatic heterocycles. The molecule has 1 N–H and O–H groups in total. The van der Waals surface area contributed by atoms with Crippen molar-refractivity contribution in [3.8, 4) is 5.75 Å². The SMILES string of the molecule is CC1(C)CN(Cc2cccc(OC[C@H](O)CN3CCCCCC3)c2)CCO1. The van der Waals surface area contributed by atoms with E-state index in [1.807, 2.05) is 12.1 Å². The Morgan fingerprint density at radius 1 is 1.11 bits per heavy atom. The van der Waals surface area contributed by atoms with E-state index in [1.54, 1.807) is 0 Å². The molecule has 0 amide bonds. The maximum absolute atomic E-state index is 10.4. The minimum atomic E-state index is -0.438. The molecule has 2 aliphatic rings. The number of aliphatic hydroxyl groups is 1. The molecule has 1 atom stereocenters. The number of nitrogens with zero attached hydrogens (tertiary/aromatic N) is 2. The van der Waals surface area contributed by atoms with Crippen LogP contribution in [0.1, 0.15) is 45.1 Å². The Kier molecular flexibility index (Phi) is 7.53. The summed E-state index contributed by atoms with van der Waals surface area (Å²) in [5, 5.41) is 10.4. The smallest absolute Gasteiger partial charge is 0.119 e. The lowest BCUT2D eigenvalue weighted by molar-refractivity contribution is -0.0882. The van der Waals surface area contributed by atoms with E-state index < -0.39 is 6.10 Å². The predicted octanol–water partition coefficient (Wildman–Crippen LogP) is 2.91. The van der Waals surface area contributed by atoms with Crippen LogP contribution in [-0.4, -0.2) is 72.5 Å². The fraction of sp³-hybridized carbons (Fsp3) is 0.727. The van der Waals surface area contributed by atoms with E-state index in [0.717, 1.165) is 45.1 Å². The Labute approximate surface area is 164 Å². The van der Waals surface area contributed by atoms with Crippen molar-refractivity contribution in [3.63, 3.8) is 0 Å². The summed E-state index contributed by atoms with van der Waals surface area (Å²) in [5.74, 6) is 0.843. The van der Waals surface area contributed by atoms with E-state index in [-0.39, 0.29) is 5.60 Å². The molecule has 5 heteroatoms. The van der Waals surface area contributed by atoms with E-state index in [9.17, 15) is 5.11 Å². The van der Waals surface area contributed by atoms with Gasteiger partial charge >= 0.3 is 0 Å². The fourth-order valence-electron chi connectivity index (χ4n) is 4.10. The van der Waals surface area contributed by atoms with Crippen molar-refractivity contribution in [2.75, 3.05) is 45.9 Å². The normalized spacial score (nSPS) is 22.9. The topological polar surface area (TPSA) is 45.2 Å². The number of hydrogen-bond acceptors (Lipinski definition) is 5. The first-order valence-corrected chi connectivity index (χ1v) is 10.5. The molecule has 2 heterocycles. The molecule has 1 aromatic carbocycles. The number of benzene rings is 1. The number of ether oxygens (including phenoxy) is 2. The lowest BCUT2D eigenvalue weighted by atomic mass is 10.1. The molecule has 152 valence electrons. The summed E-state index contributed by atoms with van der Waals surface area (Å²) in [6.45, 7) is 11.1. The maximum atomic E-state index is 10.4. The van der Waals surface area contributed by atoms with Crippen LogP contribution < -0.4 is 4.74 Å². The Hall–Kier alpha value is -1.14. The second kappa shape index (κ2) is 9.87. The summed E-state index contributed by atoms with van der Waals surface area (Å²) in [6.07, 6.45) is 4.68. The second-order valence-electron chi connectivity index (χ2n) is 8.65. The van der Waals surface area contributed by atoms with E-state index >= 15 is 0 Å². The number of likely N-dealkylation sites (tertiary alicyclic amines) is 1. The third-order valence-electron chi connectivity index (χ3n) is 5.42. The first-order chi connectivity index (χ1) is 13.0. The Morgan fingerprint density at radius 3 is 2.63 bits per heavy atom. The van der Waals surface area contributed by atoms with Crippen LogP contribution >= 0.6 is 0 Å². The van der Waals surface area contributed by atoms with Crippen molar-refractivity contribution >= 4 is 0 Å². The van der Waals surface area contributed by atoms with Crippen molar-refractivity contribution in [2.45, 2.75) is 57.8 Å². The first-order valence-electron chi connectivity index (χ1n) is 10.5. The molecule has 5 nitrogen and oxygen atoms in total. The van der Waals surface area contributed by atoms with Gasteiger partial charge in [-0.05, 0) is 57.5 Å². The molecule has 1 aromatic rings. The molecule has 0 bridgehead atoms. The molecular formula is C22H36N2O3. The summed E-state index contributed by atoms with van der Waals surface area (Å²) in [4.78, 5) is 4.80. The highest BCUT2D eigenvalue weighted by Crippen LogP contribution is 2.20. The quantitative estimate of drug-likeness (QED) is 0.793.